The van der Waals surface area contributed by atoms with Gasteiger partial charge in [0.1, 0.15) is 5.92 Å². The lowest BCUT2D eigenvalue weighted by atomic mass is 10.0. The Morgan fingerprint density at radius 2 is 1.86 bits per heavy atom. The van der Waals surface area contributed by atoms with Gasteiger partial charge in [0, 0.05) is 0 Å². The van der Waals surface area contributed by atoms with E-state index in [-0.39, 0.29) is 6.42 Å². The largest absolute Gasteiger partial charge is 0.481 e. The molecule has 1 rings (SSSR count). The highest BCUT2D eigenvalue weighted by Gasteiger charge is 2.27. The molecule has 0 saturated heterocycles. The third-order valence-corrected chi connectivity index (χ3v) is 1.92. The molecular formula is C10H10F2O2. The minimum Gasteiger partial charge on any atom is -0.481 e. The number of aliphatic carboxylic acids is 1. The molecule has 1 N–H and O–H groups in total. The first-order valence-corrected chi connectivity index (χ1v) is 4.16. The van der Waals surface area contributed by atoms with Crippen molar-refractivity contribution in [2.75, 3.05) is 0 Å². The maximum absolute atomic E-state index is 12.3. The van der Waals surface area contributed by atoms with E-state index >= 15 is 0 Å². The molecule has 0 radical (unpaired) electrons. The molecule has 0 aliphatic heterocycles. The number of halogens is 2. The van der Waals surface area contributed by atoms with Gasteiger partial charge < -0.3 is 5.11 Å². The normalized spacial score (nSPS) is 12.8. The third kappa shape index (κ3) is 2.80. The summed E-state index contributed by atoms with van der Waals surface area (Å²) in [5.74, 6) is -3.07. The molecule has 0 heterocycles. The minimum absolute atomic E-state index is 0.131. The number of rotatable bonds is 4. The summed E-state index contributed by atoms with van der Waals surface area (Å²) in [6.45, 7) is 0. The summed E-state index contributed by atoms with van der Waals surface area (Å²) in [5, 5.41) is 8.52. The van der Waals surface area contributed by atoms with Crippen molar-refractivity contribution in [3.05, 3.63) is 35.9 Å². The monoisotopic (exact) mass is 200 g/mol. The standard InChI is InChI=1S/C10H10F2O2/c11-9(12)8(10(13)14)6-7-4-2-1-3-5-7/h1-5,8-9H,6H2,(H,13,14). The number of hydrogen-bond acceptors (Lipinski definition) is 1. The molecule has 1 aromatic carbocycles. The topological polar surface area (TPSA) is 37.3 Å². The first-order valence-electron chi connectivity index (χ1n) is 4.16. The molecule has 1 unspecified atom stereocenters. The molecule has 0 saturated carbocycles. The molecule has 0 fully saturated rings. The zero-order valence-corrected chi connectivity index (χ0v) is 7.36. The molecule has 0 aromatic heterocycles. The Hall–Kier alpha value is -1.45. The number of carbonyl (C=O) groups is 1. The lowest BCUT2D eigenvalue weighted by Crippen LogP contribution is -2.24. The zero-order chi connectivity index (χ0) is 10.6. The molecule has 76 valence electrons. The summed E-state index contributed by atoms with van der Waals surface area (Å²) in [6, 6.07) is 8.41. The maximum atomic E-state index is 12.3. The van der Waals surface area contributed by atoms with Crippen LogP contribution in [0.5, 0.6) is 0 Å². The van der Waals surface area contributed by atoms with E-state index in [2.05, 4.69) is 0 Å². The molecule has 0 bridgehead atoms. The van der Waals surface area contributed by atoms with Crippen LogP contribution in [0.4, 0.5) is 8.78 Å². The van der Waals surface area contributed by atoms with Gasteiger partial charge in [0.05, 0.1) is 0 Å². The summed E-state index contributed by atoms with van der Waals surface area (Å²) >= 11 is 0. The Morgan fingerprint density at radius 1 is 1.29 bits per heavy atom. The zero-order valence-electron chi connectivity index (χ0n) is 7.36. The van der Waals surface area contributed by atoms with Crippen LogP contribution in [0.25, 0.3) is 0 Å². The predicted octanol–water partition coefficient (Wildman–Crippen LogP) is 2.20. The van der Waals surface area contributed by atoms with Crippen molar-refractivity contribution in [3.8, 4) is 0 Å². The molecule has 0 aliphatic carbocycles. The number of carboxylic acids is 1. The summed E-state index contributed by atoms with van der Waals surface area (Å²) in [6.07, 6.45) is -2.96. The molecule has 0 amide bonds. The van der Waals surface area contributed by atoms with Gasteiger partial charge in [0.25, 0.3) is 6.43 Å². The van der Waals surface area contributed by atoms with E-state index < -0.39 is 18.3 Å². The van der Waals surface area contributed by atoms with Gasteiger partial charge in [-0.15, -0.1) is 0 Å². The van der Waals surface area contributed by atoms with Crippen molar-refractivity contribution >= 4 is 5.97 Å². The Kier molecular flexibility index (Phi) is 3.56. The first-order chi connectivity index (χ1) is 6.61. The summed E-state index contributed by atoms with van der Waals surface area (Å²) in [7, 11) is 0. The van der Waals surface area contributed by atoms with Crippen LogP contribution in [0, 0.1) is 5.92 Å². The van der Waals surface area contributed by atoms with Crippen LogP contribution >= 0.6 is 0 Å². The van der Waals surface area contributed by atoms with Crippen LogP contribution < -0.4 is 0 Å². The average Bonchev–Trinajstić information content (AvgIpc) is 2.15. The lowest BCUT2D eigenvalue weighted by molar-refractivity contribution is -0.146. The van der Waals surface area contributed by atoms with Crippen LogP contribution in [-0.2, 0) is 11.2 Å². The minimum atomic E-state index is -2.83. The van der Waals surface area contributed by atoms with Gasteiger partial charge in [-0.05, 0) is 12.0 Å². The third-order valence-electron chi connectivity index (χ3n) is 1.92. The SMILES string of the molecule is O=C(O)C(Cc1ccccc1)C(F)F. The van der Waals surface area contributed by atoms with E-state index in [0.29, 0.717) is 5.56 Å². The lowest BCUT2D eigenvalue weighted by Gasteiger charge is -2.10. The smallest absolute Gasteiger partial charge is 0.312 e. The Bertz CT molecular complexity index is 298. The van der Waals surface area contributed by atoms with Crippen LogP contribution in [-0.4, -0.2) is 17.5 Å². The molecular weight excluding hydrogens is 190 g/mol. The van der Waals surface area contributed by atoms with Crippen LogP contribution in [0.3, 0.4) is 0 Å². The van der Waals surface area contributed by atoms with Gasteiger partial charge in [-0.1, -0.05) is 30.3 Å². The second-order valence-corrected chi connectivity index (χ2v) is 2.97. The number of alkyl halides is 2. The highest BCUT2D eigenvalue weighted by molar-refractivity contribution is 5.70. The predicted molar refractivity (Wildman–Crippen MR) is 47.3 cm³/mol. The molecule has 0 aliphatic rings. The highest BCUT2D eigenvalue weighted by atomic mass is 19.3. The Labute approximate surface area is 80.2 Å². The molecule has 0 spiro atoms. The van der Waals surface area contributed by atoms with Gasteiger partial charge in [-0.3, -0.25) is 4.79 Å². The van der Waals surface area contributed by atoms with Crippen molar-refractivity contribution in [1.29, 1.82) is 0 Å². The summed E-state index contributed by atoms with van der Waals surface area (Å²) in [5.41, 5.74) is 0.611. The van der Waals surface area contributed by atoms with E-state index in [1.807, 2.05) is 0 Å². The second-order valence-electron chi connectivity index (χ2n) is 2.97. The van der Waals surface area contributed by atoms with Crippen molar-refractivity contribution < 1.29 is 18.7 Å². The highest BCUT2D eigenvalue weighted by Crippen LogP contribution is 2.16. The van der Waals surface area contributed by atoms with E-state index in [1.165, 1.54) is 0 Å². The molecule has 2 nitrogen and oxygen atoms in total. The maximum Gasteiger partial charge on any atom is 0.312 e. The summed E-state index contributed by atoms with van der Waals surface area (Å²) < 4.78 is 24.5. The fraction of sp³-hybridized carbons (Fsp3) is 0.300. The van der Waals surface area contributed by atoms with Crippen molar-refractivity contribution in [1.82, 2.24) is 0 Å². The van der Waals surface area contributed by atoms with E-state index in [1.54, 1.807) is 30.3 Å². The summed E-state index contributed by atoms with van der Waals surface area (Å²) in [4.78, 5) is 10.5. The van der Waals surface area contributed by atoms with Gasteiger partial charge >= 0.3 is 5.97 Å². The molecule has 4 heteroatoms. The number of hydrogen-bond donors (Lipinski definition) is 1. The number of carboxylic acid groups (broad SMARTS) is 1. The van der Waals surface area contributed by atoms with Crippen molar-refractivity contribution in [2.45, 2.75) is 12.8 Å². The Morgan fingerprint density at radius 3 is 2.29 bits per heavy atom. The van der Waals surface area contributed by atoms with Crippen LogP contribution in [0.1, 0.15) is 5.56 Å². The number of benzene rings is 1. The van der Waals surface area contributed by atoms with Crippen molar-refractivity contribution in [2.24, 2.45) is 5.92 Å². The van der Waals surface area contributed by atoms with E-state index in [9.17, 15) is 13.6 Å². The second kappa shape index (κ2) is 4.69. The van der Waals surface area contributed by atoms with Gasteiger partial charge in [0.2, 0.25) is 0 Å². The molecule has 1 atom stereocenters. The Balaban J connectivity index is 2.70. The molecule has 14 heavy (non-hydrogen) atoms. The fourth-order valence-corrected chi connectivity index (χ4v) is 1.15. The average molecular weight is 200 g/mol. The fourth-order valence-electron chi connectivity index (χ4n) is 1.15. The van der Waals surface area contributed by atoms with Gasteiger partial charge in [-0.25, -0.2) is 8.78 Å². The van der Waals surface area contributed by atoms with E-state index in [4.69, 9.17) is 5.11 Å². The van der Waals surface area contributed by atoms with Crippen LogP contribution in [0.2, 0.25) is 0 Å². The first kappa shape index (κ1) is 10.6. The quantitative estimate of drug-likeness (QED) is 0.808. The van der Waals surface area contributed by atoms with Gasteiger partial charge in [-0.2, -0.15) is 0 Å². The van der Waals surface area contributed by atoms with Gasteiger partial charge in [0.15, 0.2) is 0 Å². The molecule has 1 aromatic rings. The van der Waals surface area contributed by atoms with Crippen LogP contribution in [0.15, 0.2) is 30.3 Å². The van der Waals surface area contributed by atoms with Crippen molar-refractivity contribution in [3.63, 3.8) is 0 Å². The van der Waals surface area contributed by atoms with E-state index in [0.717, 1.165) is 0 Å².